The Bertz CT molecular complexity index is 1840. The first-order valence-corrected chi connectivity index (χ1v) is 14.3. The monoisotopic (exact) mass is 585 g/mol. The maximum Gasteiger partial charge on any atom is 0.357 e. The molecule has 6 aromatic rings. The number of hydrogen-bond acceptors (Lipinski definition) is 5. The number of pyridine rings is 1. The van der Waals surface area contributed by atoms with Crippen LogP contribution in [0.5, 0.6) is 11.5 Å². The largest absolute Gasteiger partial charge is 0.488 e. The molecular formula is C37H28ClNO4. The minimum absolute atomic E-state index is 0.130. The van der Waals surface area contributed by atoms with E-state index in [1.54, 1.807) is 6.07 Å². The first-order valence-electron chi connectivity index (χ1n) is 13.9. The van der Waals surface area contributed by atoms with Gasteiger partial charge in [0.05, 0.1) is 0 Å². The number of benzene rings is 5. The van der Waals surface area contributed by atoms with Crippen molar-refractivity contribution in [1.82, 2.24) is 4.98 Å². The summed E-state index contributed by atoms with van der Waals surface area (Å²) >= 11 is 6.35. The molecule has 0 bridgehead atoms. The zero-order valence-electron chi connectivity index (χ0n) is 23.3. The number of aromatic nitrogens is 1. The van der Waals surface area contributed by atoms with E-state index in [2.05, 4.69) is 0 Å². The number of nitrogens with zero attached hydrogens (tertiary/aromatic N) is 1. The van der Waals surface area contributed by atoms with E-state index in [9.17, 15) is 4.79 Å². The molecule has 43 heavy (non-hydrogen) atoms. The molecule has 5 nitrogen and oxygen atoms in total. The van der Waals surface area contributed by atoms with Crippen LogP contribution in [0.1, 0.15) is 27.2 Å². The Morgan fingerprint density at radius 2 is 1.16 bits per heavy atom. The molecule has 0 unspecified atom stereocenters. The van der Waals surface area contributed by atoms with Gasteiger partial charge in [-0.05, 0) is 52.1 Å². The Kier molecular flexibility index (Phi) is 8.62. The van der Waals surface area contributed by atoms with Crippen LogP contribution in [0.25, 0.3) is 22.0 Å². The number of hydrogen-bond donors (Lipinski definition) is 0. The molecule has 5 aromatic carbocycles. The van der Waals surface area contributed by atoms with E-state index in [4.69, 9.17) is 30.8 Å². The summed E-state index contributed by atoms with van der Waals surface area (Å²) < 4.78 is 18.4. The van der Waals surface area contributed by atoms with Gasteiger partial charge in [-0.25, -0.2) is 9.78 Å². The van der Waals surface area contributed by atoms with Crippen LogP contribution in [0.15, 0.2) is 133 Å². The molecule has 0 saturated carbocycles. The normalized spacial score (nSPS) is 10.8. The van der Waals surface area contributed by atoms with Gasteiger partial charge in [0, 0.05) is 16.5 Å². The number of rotatable bonds is 10. The Morgan fingerprint density at radius 3 is 1.77 bits per heavy atom. The van der Waals surface area contributed by atoms with Crippen LogP contribution in [0.3, 0.4) is 0 Å². The van der Waals surface area contributed by atoms with Gasteiger partial charge < -0.3 is 14.2 Å². The SMILES string of the molecule is O=C(OCc1ccccc1)c1cc(OCc2ccccc2)c2cc(-c3cccc(Cl)c3)cc(OCc3ccccc3)c2n1. The molecule has 0 saturated heterocycles. The van der Waals surface area contributed by atoms with Crippen LogP contribution in [0.4, 0.5) is 0 Å². The van der Waals surface area contributed by atoms with Crippen molar-refractivity contribution in [2.75, 3.05) is 0 Å². The maximum absolute atomic E-state index is 13.3. The Morgan fingerprint density at radius 1 is 0.581 bits per heavy atom. The minimum Gasteiger partial charge on any atom is -0.488 e. The molecule has 0 fully saturated rings. The van der Waals surface area contributed by atoms with Crippen molar-refractivity contribution in [3.63, 3.8) is 0 Å². The number of carbonyl (C=O) groups is 1. The first kappa shape index (κ1) is 28.0. The zero-order chi connectivity index (χ0) is 29.4. The molecular weight excluding hydrogens is 558 g/mol. The summed E-state index contributed by atoms with van der Waals surface area (Å²) in [5, 5.41) is 1.33. The second kappa shape index (κ2) is 13.2. The molecule has 6 heteroatoms. The van der Waals surface area contributed by atoms with E-state index in [1.807, 2.05) is 127 Å². The van der Waals surface area contributed by atoms with E-state index < -0.39 is 5.97 Å². The number of carbonyl (C=O) groups excluding carboxylic acids is 1. The lowest BCUT2D eigenvalue weighted by Crippen LogP contribution is -2.09. The van der Waals surface area contributed by atoms with Gasteiger partial charge in [0.15, 0.2) is 5.69 Å². The van der Waals surface area contributed by atoms with Gasteiger partial charge in [-0.2, -0.15) is 0 Å². The fraction of sp³-hybridized carbons (Fsp3) is 0.0811. The van der Waals surface area contributed by atoms with Crippen molar-refractivity contribution in [2.45, 2.75) is 19.8 Å². The van der Waals surface area contributed by atoms with Crippen molar-refractivity contribution < 1.29 is 19.0 Å². The predicted octanol–water partition coefficient (Wildman–Crippen LogP) is 9.07. The average molecular weight is 586 g/mol. The van der Waals surface area contributed by atoms with Crippen LogP contribution in [-0.4, -0.2) is 11.0 Å². The van der Waals surface area contributed by atoms with E-state index in [-0.39, 0.29) is 12.3 Å². The lowest BCUT2D eigenvalue weighted by atomic mass is 10.0. The second-order valence-corrected chi connectivity index (χ2v) is 10.4. The second-order valence-electron chi connectivity index (χ2n) is 10.00. The molecule has 212 valence electrons. The Balaban J connectivity index is 1.44. The summed E-state index contributed by atoms with van der Waals surface area (Å²) in [5.41, 5.74) is 5.30. The number of halogens is 1. The summed E-state index contributed by atoms with van der Waals surface area (Å²) in [4.78, 5) is 18.1. The topological polar surface area (TPSA) is 57.7 Å². The molecule has 0 radical (unpaired) electrons. The van der Waals surface area contributed by atoms with E-state index in [1.165, 1.54) is 0 Å². The molecule has 0 atom stereocenters. The van der Waals surface area contributed by atoms with Crippen LogP contribution >= 0.6 is 11.6 Å². The van der Waals surface area contributed by atoms with E-state index in [0.29, 0.717) is 40.6 Å². The van der Waals surface area contributed by atoms with Crippen LogP contribution < -0.4 is 9.47 Å². The lowest BCUT2D eigenvalue weighted by Gasteiger charge is -2.16. The summed E-state index contributed by atoms with van der Waals surface area (Å²) in [5.74, 6) is 0.454. The van der Waals surface area contributed by atoms with Crippen molar-refractivity contribution in [3.8, 4) is 22.6 Å². The number of esters is 1. The third-order valence-corrected chi connectivity index (χ3v) is 7.13. The molecule has 0 N–H and O–H groups in total. The molecule has 0 aliphatic carbocycles. The van der Waals surface area contributed by atoms with Crippen LogP contribution in [-0.2, 0) is 24.6 Å². The van der Waals surface area contributed by atoms with Crippen molar-refractivity contribution in [3.05, 3.63) is 161 Å². The van der Waals surface area contributed by atoms with E-state index >= 15 is 0 Å². The van der Waals surface area contributed by atoms with Gasteiger partial charge in [0.2, 0.25) is 0 Å². The predicted molar refractivity (Wildman–Crippen MR) is 169 cm³/mol. The third-order valence-electron chi connectivity index (χ3n) is 6.89. The first-order chi connectivity index (χ1) is 21.1. The van der Waals surface area contributed by atoms with Crippen molar-refractivity contribution in [2.24, 2.45) is 0 Å². The summed E-state index contributed by atoms with van der Waals surface area (Å²) in [6.07, 6.45) is 0. The highest BCUT2D eigenvalue weighted by Crippen LogP contribution is 2.38. The summed E-state index contributed by atoms with van der Waals surface area (Å²) in [6.45, 7) is 0.754. The Labute approximate surface area is 255 Å². The number of fused-ring (bicyclic) bond motifs is 1. The molecule has 6 rings (SSSR count). The highest BCUT2D eigenvalue weighted by molar-refractivity contribution is 6.30. The number of ether oxygens (including phenoxy) is 3. The summed E-state index contributed by atoms with van der Waals surface area (Å²) in [7, 11) is 0. The van der Waals surface area contributed by atoms with Gasteiger partial charge in [-0.3, -0.25) is 0 Å². The molecule has 0 spiro atoms. The highest BCUT2D eigenvalue weighted by atomic mass is 35.5. The van der Waals surface area contributed by atoms with E-state index in [0.717, 1.165) is 27.8 Å². The van der Waals surface area contributed by atoms with Crippen molar-refractivity contribution >= 4 is 28.5 Å². The minimum atomic E-state index is -0.553. The van der Waals surface area contributed by atoms with Gasteiger partial charge in [0.25, 0.3) is 0 Å². The molecule has 1 heterocycles. The van der Waals surface area contributed by atoms with Gasteiger partial charge >= 0.3 is 5.97 Å². The quantitative estimate of drug-likeness (QED) is 0.150. The molecule has 1 aromatic heterocycles. The van der Waals surface area contributed by atoms with Gasteiger partial charge in [-0.1, -0.05) is 115 Å². The summed E-state index contributed by atoms with van der Waals surface area (Å²) in [6, 6.07) is 42.5. The van der Waals surface area contributed by atoms with Gasteiger partial charge in [0.1, 0.15) is 36.8 Å². The fourth-order valence-corrected chi connectivity index (χ4v) is 4.89. The zero-order valence-corrected chi connectivity index (χ0v) is 24.0. The molecule has 0 amide bonds. The van der Waals surface area contributed by atoms with Crippen LogP contribution in [0.2, 0.25) is 5.02 Å². The molecule has 0 aliphatic heterocycles. The van der Waals surface area contributed by atoms with Crippen LogP contribution in [0, 0.1) is 0 Å². The third kappa shape index (κ3) is 7.03. The lowest BCUT2D eigenvalue weighted by molar-refractivity contribution is 0.0465. The average Bonchev–Trinajstić information content (AvgIpc) is 3.06. The van der Waals surface area contributed by atoms with Crippen molar-refractivity contribution in [1.29, 1.82) is 0 Å². The molecule has 0 aliphatic rings. The highest BCUT2D eigenvalue weighted by Gasteiger charge is 2.19. The van der Waals surface area contributed by atoms with Gasteiger partial charge in [-0.15, -0.1) is 0 Å². The standard InChI is InChI=1S/C37H28ClNO4/c38-31-18-10-17-29(19-31)30-20-32-34(41-23-26-11-4-1-5-12-26)22-33(37(40)43-25-28-15-8-3-9-16-28)39-36(32)35(21-30)42-24-27-13-6-2-7-14-27/h1-22H,23-25H2. The Hall–Kier alpha value is -5.13. The smallest absolute Gasteiger partial charge is 0.357 e. The maximum atomic E-state index is 13.3. The fourth-order valence-electron chi connectivity index (χ4n) is 4.70.